The third-order valence-corrected chi connectivity index (χ3v) is 4.48. The molecule has 1 heterocycles. The van der Waals surface area contributed by atoms with Gasteiger partial charge in [-0.25, -0.2) is 0 Å². The molecule has 0 amide bonds. The third kappa shape index (κ3) is 7.58. The molecule has 0 atom stereocenters. The quantitative estimate of drug-likeness (QED) is 0.693. The molecule has 0 saturated carbocycles. The summed E-state index contributed by atoms with van der Waals surface area (Å²) in [6.45, 7) is 14.1. The van der Waals surface area contributed by atoms with Crippen LogP contribution in [0.4, 0.5) is 0 Å². The van der Waals surface area contributed by atoms with Crippen molar-refractivity contribution in [3.63, 3.8) is 0 Å². The molecule has 1 saturated heterocycles. The first-order chi connectivity index (χ1) is 9.43. The molecule has 20 heavy (non-hydrogen) atoms. The lowest BCUT2D eigenvalue weighted by atomic mass is 9.84. The fraction of sp³-hybridized carbons (Fsp3) is 1.00. The largest absolute Gasteiger partial charge is 0.330 e. The number of hydrogen-bond donors (Lipinski definition) is 1. The molecule has 1 aliphatic heterocycles. The average Bonchev–Trinajstić information content (AvgIpc) is 2.37. The lowest BCUT2D eigenvalue weighted by Gasteiger charge is -2.35. The Hall–Kier alpha value is -0.160. The molecular formula is C16H36N4. The van der Waals surface area contributed by atoms with Crippen molar-refractivity contribution in [2.24, 2.45) is 11.1 Å². The Balaban J connectivity index is 2.10. The fourth-order valence-corrected chi connectivity index (χ4v) is 2.87. The van der Waals surface area contributed by atoms with E-state index in [1.54, 1.807) is 0 Å². The van der Waals surface area contributed by atoms with Gasteiger partial charge in [-0.15, -0.1) is 0 Å². The summed E-state index contributed by atoms with van der Waals surface area (Å²) in [7, 11) is 4.30. The summed E-state index contributed by atoms with van der Waals surface area (Å²) in [4.78, 5) is 7.49. The van der Waals surface area contributed by atoms with Gasteiger partial charge in [-0.05, 0) is 51.9 Å². The zero-order chi connectivity index (χ0) is 15.0. The molecule has 0 bridgehead atoms. The molecule has 0 spiro atoms. The summed E-state index contributed by atoms with van der Waals surface area (Å²) in [6, 6.07) is 0. The van der Waals surface area contributed by atoms with Crippen LogP contribution in [0.1, 0.15) is 33.1 Å². The SMILES string of the molecule is CN(C)CCN1CCN(CCCC(C)(C)CCN)CC1. The molecule has 0 aliphatic carbocycles. The van der Waals surface area contributed by atoms with Crippen LogP contribution in [-0.2, 0) is 0 Å². The first-order valence-electron chi connectivity index (χ1n) is 8.22. The van der Waals surface area contributed by atoms with Crippen LogP contribution in [-0.4, -0.2) is 81.2 Å². The number of piperazine rings is 1. The Labute approximate surface area is 126 Å². The summed E-state index contributed by atoms with van der Waals surface area (Å²) in [5, 5.41) is 0. The van der Waals surface area contributed by atoms with Gasteiger partial charge in [0.25, 0.3) is 0 Å². The summed E-state index contributed by atoms with van der Waals surface area (Å²) in [5.41, 5.74) is 6.09. The number of likely N-dealkylation sites (N-methyl/N-ethyl adjacent to an activating group) is 1. The number of nitrogens with two attached hydrogens (primary N) is 1. The molecular weight excluding hydrogens is 248 g/mol. The maximum atomic E-state index is 5.67. The van der Waals surface area contributed by atoms with Crippen LogP contribution < -0.4 is 5.73 Å². The normalized spacial score (nSPS) is 18.9. The second-order valence-electron chi connectivity index (χ2n) is 7.29. The Bertz CT molecular complexity index is 245. The van der Waals surface area contributed by atoms with Crippen molar-refractivity contribution in [3.05, 3.63) is 0 Å². The van der Waals surface area contributed by atoms with Crippen LogP contribution in [0, 0.1) is 5.41 Å². The van der Waals surface area contributed by atoms with Gasteiger partial charge in [0.05, 0.1) is 0 Å². The Kier molecular flexibility index (Phi) is 8.03. The van der Waals surface area contributed by atoms with E-state index in [0.717, 1.165) is 13.0 Å². The lowest BCUT2D eigenvalue weighted by molar-refractivity contribution is 0.120. The molecule has 4 heteroatoms. The zero-order valence-corrected chi connectivity index (χ0v) is 14.2. The van der Waals surface area contributed by atoms with Gasteiger partial charge < -0.3 is 15.5 Å². The minimum atomic E-state index is 0.419. The number of hydrogen-bond acceptors (Lipinski definition) is 4. The average molecular weight is 284 g/mol. The van der Waals surface area contributed by atoms with E-state index in [4.69, 9.17) is 5.73 Å². The van der Waals surface area contributed by atoms with E-state index in [0.29, 0.717) is 5.41 Å². The third-order valence-electron chi connectivity index (χ3n) is 4.48. The molecule has 0 aromatic heterocycles. The predicted octanol–water partition coefficient (Wildman–Crippen LogP) is 1.32. The second kappa shape index (κ2) is 8.98. The standard InChI is InChI=1S/C16H36N4/c1-16(2,7-8-17)6-5-9-19-12-14-20(15-13-19)11-10-18(3)4/h5-15,17H2,1-4H3. The minimum Gasteiger partial charge on any atom is -0.330 e. The van der Waals surface area contributed by atoms with Gasteiger partial charge in [-0.1, -0.05) is 13.8 Å². The zero-order valence-electron chi connectivity index (χ0n) is 14.2. The van der Waals surface area contributed by atoms with E-state index in [9.17, 15) is 0 Å². The van der Waals surface area contributed by atoms with Crippen LogP contribution >= 0.6 is 0 Å². The van der Waals surface area contributed by atoms with Crippen LogP contribution in [0.3, 0.4) is 0 Å². The molecule has 0 aromatic rings. The fourth-order valence-electron chi connectivity index (χ4n) is 2.87. The van der Waals surface area contributed by atoms with Gasteiger partial charge in [0.1, 0.15) is 0 Å². The van der Waals surface area contributed by atoms with Crippen molar-refractivity contribution < 1.29 is 0 Å². The van der Waals surface area contributed by atoms with Crippen molar-refractivity contribution in [2.75, 3.05) is 66.5 Å². The maximum Gasteiger partial charge on any atom is 0.0110 e. The minimum absolute atomic E-state index is 0.419. The summed E-state index contributed by atoms with van der Waals surface area (Å²) in [5.74, 6) is 0. The topological polar surface area (TPSA) is 35.7 Å². The Morgan fingerprint density at radius 2 is 1.50 bits per heavy atom. The molecule has 0 unspecified atom stereocenters. The van der Waals surface area contributed by atoms with Gasteiger partial charge in [-0.2, -0.15) is 0 Å². The highest BCUT2D eigenvalue weighted by Gasteiger charge is 2.19. The summed E-state index contributed by atoms with van der Waals surface area (Å²) >= 11 is 0. The van der Waals surface area contributed by atoms with Gasteiger partial charge in [0.15, 0.2) is 0 Å². The molecule has 4 nitrogen and oxygen atoms in total. The van der Waals surface area contributed by atoms with Crippen molar-refractivity contribution in [2.45, 2.75) is 33.1 Å². The predicted molar refractivity (Wildman–Crippen MR) is 88.1 cm³/mol. The number of rotatable bonds is 9. The monoisotopic (exact) mass is 284 g/mol. The number of nitrogens with zero attached hydrogens (tertiary/aromatic N) is 3. The smallest absolute Gasteiger partial charge is 0.0110 e. The molecule has 0 aromatic carbocycles. The van der Waals surface area contributed by atoms with E-state index < -0.39 is 0 Å². The summed E-state index contributed by atoms with van der Waals surface area (Å²) in [6.07, 6.45) is 3.75. The molecule has 1 fully saturated rings. The van der Waals surface area contributed by atoms with Gasteiger partial charge >= 0.3 is 0 Å². The van der Waals surface area contributed by atoms with Crippen LogP contribution in [0.5, 0.6) is 0 Å². The van der Waals surface area contributed by atoms with Crippen LogP contribution in [0.15, 0.2) is 0 Å². The van der Waals surface area contributed by atoms with E-state index in [1.165, 1.54) is 58.7 Å². The van der Waals surface area contributed by atoms with Gasteiger partial charge in [0, 0.05) is 39.3 Å². The van der Waals surface area contributed by atoms with Crippen molar-refractivity contribution in [1.29, 1.82) is 0 Å². The maximum absolute atomic E-state index is 5.67. The Morgan fingerprint density at radius 3 is 2.00 bits per heavy atom. The van der Waals surface area contributed by atoms with Crippen molar-refractivity contribution in [1.82, 2.24) is 14.7 Å². The lowest BCUT2D eigenvalue weighted by Crippen LogP contribution is -2.48. The molecule has 1 rings (SSSR count). The summed E-state index contributed by atoms with van der Waals surface area (Å²) < 4.78 is 0. The molecule has 0 radical (unpaired) electrons. The second-order valence-corrected chi connectivity index (χ2v) is 7.29. The first kappa shape index (κ1) is 17.9. The highest BCUT2D eigenvalue weighted by atomic mass is 15.3. The van der Waals surface area contributed by atoms with E-state index >= 15 is 0 Å². The molecule has 1 aliphatic rings. The van der Waals surface area contributed by atoms with Crippen molar-refractivity contribution >= 4 is 0 Å². The molecule has 2 N–H and O–H groups in total. The van der Waals surface area contributed by atoms with E-state index in [1.807, 2.05) is 0 Å². The Morgan fingerprint density at radius 1 is 0.950 bits per heavy atom. The van der Waals surface area contributed by atoms with E-state index in [2.05, 4.69) is 42.6 Å². The van der Waals surface area contributed by atoms with Gasteiger partial charge in [0.2, 0.25) is 0 Å². The van der Waals surface area contributed by atoms with Crippen LogP contribution in [0.2, 0.25) is 0 Å². The highest BCUT2D eigenvalue weighted by molar-refractivity contribution is 4.74. The first-order valence-corrected chi connectivity index (χ1v) is 8.22. The van der Waals surface area contributed by atoms with Crippen LogP contribution in [0.25, 0.3) is 0 Å². The molecule has 120 valence electrons. The van der Waals surface area contributed by atoms with Crippen molar-refractivity contribution in [3.8, 4) is 0 Å². The van der Waals surface area contributed by atoms with Gasteiger partial charge in [-0.3, -0.25) is 4.90 Å². The van der Waals surface area contributed by atoms with E-state index in [-0.39, 0.29) is 0 Å². The highest BCUT2D eigenvalue weighted by Crippen LogP contribution is 2.25.